The number of carbonyl (C=O) groups is 1. The number of benzene rings is 3. The van der Waals surface area contributed by atoms with Crippen LogP contribution in [0.3, 0.4) is 0 Å². The molecule has 1 atom stereocenters. The van der Waals surface area contributed by atoms with Gasteiger partial charge in [0.05, 0.1) is 6.61 Å². The van der Waals surface area contributed by atoms with Gasteiger partial charge in [0.15, 0.2) is 5.78 Å². The van der Waals surface area contributed by atoms with Crippen LogP contribution in [0.25, 0.3) is 10.8 Å². The first-order valence-electron chi connectivity index (χ1n) is 15.4. The van der Waals surface area contributed by atoms with Crippen molar-refractivity contribution in [3.05, 3.63) is 77.4 Å². The van der Waals surface area contributed by atoms with Gasteiger partial charge in [-0.3, -0.25) is 4.79 Å². The molecule has 0 fully saturated rings. The second-order valence-corrected chi connectivity index (χ2v) is 11.1. The van der Waals surface area contributed by atoms with Crippen LogP contribution in [-0.2, 0) is 12.8 Å². The molecule has 0 aliphatic rings. The van der Waals surface area contributed by atoms with Crippen molar-refractivity contribution in [2.45, 2.75) is 111 Å². The molecule has 0 spiro atoms. The molecular formula is C36H50O2. The summed E-state index contributed by atoms with van der Waals surface area (Å²) in [5, 5.41) is 2.50. The molecule has 0 unspecified atom stereocenters. The van der Waals surface area contributed by atoms with Gasteiger partial charge in [-0.25, -0.2) is 0 Å². The Hall–Kier alpha value is -2.61. The predicted octanol–water partition coefficient (Wildman–Crippen LogP) is 10.5. The highest BCUT2D eigenvalue weighted by Gasteiger charge is 2.14. The first-order valence-corrected chi connectivity index (χ1v) is 15.4. The van der Waals surface area contributed by atoms with E-state index in [-0.39, 0.29) is 11.7 Å². The Labute approximate surface area is 232 Å². The molecule has 206 valence electrons. The minimum Gasteiger partial charge on any atom is -0.494 e. The second kappa shape index (κ2) is 17.1. The zero-order valence-electron chi connectivity index (χ0n) is 24.3. The maximum Gasteiger partial charge on any atom is 0.165 e. The maximum absolute atomic E-state index is 12.8. The highest BCUT2D eigenvalue weighted by atomic mass is 16.5. The second-order valence-electron chi connectivity index (χ2n) is 11.1. The molecule has 0 heterocycles. The lowest BCUT2D eigenvalue weighted by Crippen LogP contribution is -2.11. The van der Waals surface area contributed by atoms with Gasteiger partial charge in [-0.15, -0.1) is 0 Å². The highest BCUT2D eigenvalue weighted by molar-refractivity contribution is 5.97. The summed E-state index contributed by atoms with van der Waals surface area (Å²) in [5.74, 6) is 1.37. The molecule has 0 aliphatic heterocycles. The highest BCUT2D eigenvalue weighted by Crippen LogP contribution is 2.24. The van der Waals surface area contributed by atoms with Crippen molar-refractivity contribution in [2.24, 2.45) is 5.92 Å². The molecule has 0 saturated carbocycles. The van der Waals surface area contributed by atoms with Crippen LogP contribution in [0.5, 0.6) is 5.75 Å². The Kier molecular flexibility index (Phi) is 13.5. The topological polar surface area (TPSA) is 26.3 Å². The third-order valence-corrected chi connectivity index (χ3v) is 7.77. The smallest absolute Gasteiger partial charge is 0.165 e. The summed E-state index contributed by atoms with van der Waals surface area (Å²) >= 11 is 0. The van der Waals surface area contributed by atoms with Gasteiger partial charge in [-0.2, -0.15) is 0 Å². The van der Waals surface area contributed by atoms with Crippen LogP contribution in [0.2, 0.25) is 0 Å². The van der Waals surface area contributed by atoms with Crippen molar-refractivity contribution >= 4 is 16.6 Å². The molecule has 2 nitrogen and oxygen atoms in total. The van der Waals surface area contributed by atoms with Crippen LogP contribution in [0.15, 0.2) is 60.7 Å². The molecule has 3 rings (SSSR count). The minimum absolute atomic E-state index is 0.113. The van der Waals surface area contributed by atoms with Crippen molar-refractivity contribution in [3.63, 3.8) is 0 Å². The standard InChI is InChI=1S/C36H50O2/c1-4-6-8-10-11-12-14-26-38-35-25-24-33-27-31(20-23-34(33)28-35)17-16-30-18-21-32(22-19-30)36(37)29(3)15-13-9-7-5-2/h18-25,27-29H,4-17,26H2,1-3H3/t29-/m1/s1. The molecule has 0 N–H and O–H groups in total. The zero-order valence-corrected chi connectivity index (χ0v) is 24.3. The number of aryl methyl sites for hydroxylation is 2. The van der Waals surface area contributed by atoms with Gasteiger partial charge in [0, 0.05) is 11.5 Å². The summed E-state index contributed by atoms with van der Waals surface area (Å²) in [6.07, 6.45) is 17.0. The number of ether oxygens (including phenoxy) is 1. The van der Waals surface area contributed by atoms with Gasteiger partial charge in [-0.05, 0) is 59.7 Å². The van der Waals surface area contributed by atoms with Gasteiger partial charge < -0.3 is 4.74 Å². The largest absolute Gasteiger partial charge is 0.494 e. The molecule has 38 heavy (non-hydrogen) atoms. The Bertz CT molecular complexity index is 1080. The number of ketones is 1. The van der Waals surface area contributed by atoms with Crippen molar-refractivity contribution < 1.29 is 9.53 Å². The summed E-state index contributed by atoms with van der Waals surface area (Å²) in [7, 11) is 0. The lowest BCUT2D eigenvalue weighted by molar-refractivity contribution is 0.0922. The molecule has 0 saturated heterocycles. The molecule has 0 bridgehead atoms. The molecule has 2 heteroatoms. The quantitative estimate of drug-likeness (QED) is 0.117. The SMILES string of the molecule is CCCCCCCCCOc1ccc2cc(CCc3ccc(C(=O)[C@H](C)CCCCCC)cc3)ccc2c1. The Balaban J connectivity index is 1.43. The van der Waals surface area contributed by atoms with Gasteiger partial charge in [0.1, 0.15) is 5.75 Å². The van der Waals surface area contributed by atoms with Crippen LogP contribution < -0.4 is 4.74 Å². The van der Waals surface area contributed by atoms with E-state index in [1.54, 1.807) is 0 Å². The summed E-state index contributed by atoms with van der Waals surface area (Å²) in [6, 6.07) is 21.5. The van der Waals surface area contributed by atoms with Crippen molar-refractivity contribution in [1.29, 1.82) is 0 Å². The monoisotopic (exact) mass is 514 g/mol. The molecule has 0 aromatic heterocycles. The summed E-state index contributed by atoms with van der Waals surface area (Å²) in [6.45, 7) is 7.37. The Morgan fingerprint density at radius 1 is 0.658 bits per heavy atom. The number of carbonyl (C=O) groups excluding carboxylic acids is 1. The first kappa shape index (κ1) is 29.9. The number of hydrogen-bond acceptors (Lipinski definition) is 2. The van der Waals surface area contributed by atoms with E-state index < -0.39 is 0 Å². The van der Waals surface area contributed by atoms with E-state index in [2.05, 4.69) is 69.3 Å². The normalized spacial score (nSPS) is 12.1. The maximum atomic E-state index is 12.8. The Morgan fingerprint density at radius 2 is 1.24 bits per heavy atom. The summed E-state index contributed by atoms with van der Waals surface area (Å²) < 4.78 is 6.02. The lowest BCUT2D eigenvalue weighted by atomic mass is 9.93. The van der Waals surface area contributed by atoms with Crippen molar-refractivity contribution in [1.82, 2.24) is 0 Å². The number of rotatable bonds is 19. The molecule has 3 aromatic carbocycles. The van der Waals surface area contributed by atoms with E-state index in [4.69, 9.17) is 4.74 Å². The third-order valence-electron chi connectivity index (χ3n) is 7.77. The molecular weight excluding hydrogens is 464 g/mol. The average Bonchev–Trinajstić information content (AvgIpc) is 2.95. The van der Waals surface area contributed by atoms with Crippen molar-refractivity contribution in [2.75, 3.05) is 6.61 Å². The van der Waals surface area contributed by atoms with Crippen LogP contribution in [0, 0.1) is 5.92 Å². The van der Waals surface area contributed by atoms with E-state index in [0.717, 1.165) is 50.0 Å². The fourth-order valence-electron chi connectivity index (χ4n) is 5.19. The number of fused-ring (bicyclic) bond motifs is 1. The Morgan fingerprint density at radius 3 is 1.97 bits per heavy atom. The predicted molar refractivity (Wildman–Crippen MR) is 164 cm³/mol. The minimum atomic E-state index is 0.113. The summed E-state index contributed by atoms with van der Waals surface area (Å²) in [4.78, 5) is 12.8. The number of Topliss-reactive ketones (excluding diaryl/α,β-unsaturated/α-hetero) is 1. The average molecular weight is 515 g/mol. The number of unbranched alkanes of at least 4 members (excludes halogenated alkanes) is 9. The van der Waals surface area contributed by atoms with Gasteiger partial charge >= 0.3 is 0 Å². The van der Waals surface area contributed by atoms with Crippen LogP contribution in [-0.4, -0.2) is 12.4 Å². The van der Waals surface area contributed by atoms with E-state index in [1.807, 2.05) is 12.1 Å². The fourth-order valence-corrected chi connectivity index (χ4v) is 5.19. The lowest BCUT2D eigenvalue weighted by Gasteiger charge is -2.11. The van der Waals surface area contributed by atoms with E-state index in [1.165, 1.54) is 79.7 Å². The molecule has 0 aliphatic carbocycles. The van der Waals surface area contributed by atoms with Gasteiger partial charge in [-0.1, -0.05) is 134 Å². The van der Waals surface area contributed by atoms with Crippen LogP contribution in [0.1, 0.15) is 119 Å². The molecule has 0 amide bonds. The van der Waals surface area contributed by atoms with Gasteiger partial charge in [0.2, 0.25) is 0 Å². The van der Waals surface area contributed by atoms with Gasteiger partial charge in [0.25, 0.3) is 0 Å². The zero-order chi connectivity index (χ0) is 27.0. The number of hydrogen-bond donors (Lipinski definition) is 0. The first-order chi connectivity index (χ1) is 18.6. The van der Waals surface area contributed by atoms with Crippen LogP contribution >= 0.6 is 0 Å². The third kappa shape index (κ3) is 10.3. The molecule has 3 aromatic rings. The van der Waals surface area contributed by atoms with E-state index in [9.17, 15) is 4.79 Å². The molecule has 0 radical (unpaired) electrons. The van der Waals surface area contributed by atoms with E-state index in [0.29, 0.717) is 0 Å². The van der Waals surface area contributed by atoms with Crippen molar-refractivity contribution in [3.8, 4) is 5.75 Å². The fraction of sp³-hybridized carbons (Fsp3) is 0.528. The summed E-state index contributed by atoms with van der Waals surface area (Å²) in [5.41, 5.74) is 3.48. The van der Waals surface area contributed by atoms with E-state index >= 15 is 0 Å². The van der Waals surface area contributed by atoms with Crippen LogP contribution in [0.4, 0.5) is 0 Å².